The second-order valence-corrected chi connectivity index (χ2v) is 14.5. The number of benzene rings is 3. The summed E-state index contributed by atoms with van der Waals surface area (Å²) in [5.41, 5.74) is 2.69. The van der Waals surface area contributed by atoms with Gasteiger partial charge in [0.2, 0.25) is 0 Å². The van der Waals surface area contributed by atoms with Gasteiger partial charge < -0.3 is 18.9 Å². The molecule has 1 atom stereocenters. The van der Waals surface area contributed by atoms with Crippen LogP contribution >= 0.6 is 84.0 Å². The lowest BCUT2D eigenvalue weighted by atomic mass is 9.95. The van der Waals surface area contributed by atoms with Crippen molar-refractivity contribution in [1.29, 1.82) is 0 Å². The van der Waals surface area contributed by atoms with E-state index >= 15 is 0 Å². The molecule has 1 aromatic heterocycles. The number of methoxy groups -OCH3 is 2. The first-order chi connectivity index (χ1) is 21.6. The standard InChI is InChI=1S/C32H26BrClI2N2O6S/c1-5-43-31(40)27-16(2)37-32-38(28(27)21-13-24(41-3)25(42-4)14-22(21)33)30(39)26(45-32)11-18-10-20(35)12-23(36)29(18)44-15-17-7-6-8-19(34)9-17/h6-14,28H,5,15H2,1-4H3/b26-11-/t28-/m1/s1. The van der Waals surface area contributed by atoms with Crippen molar-refractivity contribution in [2.24, 2.45) is 4.99 Å². The molecule has 234 valence electrons. The number of carbonyl (C=O) groups excluding carboxylic acids is 1. The summed E-state index contributed by atoms with van der Waals surface area (Å²) in [5, 5.41) is 0.628. The summed E-state index contributed by atoms with van der Waals surface area (Å²) in [6.45, 7) is 3.95. The van der Waals surface area contributed by atoms with Crippen molar-refractivity contribution >= 4 is 96.1 Å². The average molecular weight is 936 g/mol. The molecule has 4 aromatic rings. The van der Waals surface area contributed by atoms with Gasteiger partial charge in [-0.25, -0.2) is 9.79 Å². The minimum absolute atomic E-state index is 0.170. The van der Waals surface area contributed by atoms with E-state index in [0.29, 0.717) is 53.9 Å². The number of halogens is 4. The zero-order chi connectivity index (χ0) is 32.4. The van der Waals surface area contributed by atoms with Gasteiger partial charge in [0.1, 0.15) is 12.4 Å². The van der Waals surface area contributed by atoms with Crippen LogP contribution in [0, 0.1) is 7.14 Å². The number of ether oxygens (including phenoxy) is 4. The number of thiazole rings is 1. The van der Waals surface area contributed by atoms with E-state index in [4.69, 9.17) is 35.5 Å². The van der Waals surface area contributed by atoms with Crippen molar-refractivity contribution in [2.45, 2.75) is 26.5 Å². The van der Waals surface area contributed by atoms with Crippen molar-refractivity contribution in [3.63, 3.8) is 0 Å². The molecule has 0 saturated heterocycles. The summed E-state index contributed by atoms with van der Waals surface area (Å²) in [4.78, 5) is 32.8. The summed E-state index contributed by atoms with van der Waals surface area (Å²) in [6, 6.07) is 14.1. The highest BCUT2D eigenvalue weighted by atomic mass is 127. The minimum Gasteiger partial charge on any atom is -0.493 e. The monoisotopic (exact) mass is 934 g/mol. The lowest BCUT2D eigenvalue weighted by Crippen LogP contribution is -2.40. The Morgan fingerprint density at radius 1 is 1.13 bits per heavy atom. The molecule has 1 aliphatic rings. The van der Waals surface area contributed by atoms with Crippen molar-refractivity contribution in [1.82, 2.24) is 4.57 Å². The van der Waals surface area contributed by atoms with Crippen molar-refractivity contribution in [2.75, 3.05) is 20.8 Å². The lowest BCUT2D eigenvalue weighted by Gasteiger charge is -2.26. The molecule has 0 fully saturated rings. The molecule has 2 heterocycles. The molecule has 0 saturated carbocycles. The zero-order valence-corrected chi connectivity index (χ0v) is 31.9. The summed E-state index contributed by atoms with van der Waals surface area (Å²) in [7, 11) is 3.07. The number of rotatable bonds is 9. The fraction of sp³-hybridized carbons (Fsp3) is 0.219. The highest BCUT2D eigenvalue weighted by Gasteiger charge is 2.35. The fourth-order valence-electron chi connectivity index (χ4n) is 4.93. The van der Waals surface area contributed by atoms with Gasteiger partial charge in [0.25, 0.3) is 5.56 Å². The van der Waals surface area contributed by atoms with E-state index in [2.05, 4.69) is 61.1 Å². The maximum absolute atomic E-state index is 14.3. The lowest BCUT2D eigenvalue weighted by molar-refractivity contribution is -0.139. The van der Waals surface area contributed by atoms with Crippen LogP contribution in [0.5, 0.6) is 17.2 Å². The molecule has 3 aromatic carbocycles. The predicted octanol–water partition coefficient (Wildman–Crippen LogP) is 7.02. The fourth-order valence-corrected chi connectivity index (χ4v) is 8.76. The van der Waals surface area contributed by atoms with Crippen LogP contribution in [0.2, 0.25) is 5.02 Å². The Morgan fingerprint density at radius 2 is 1.87 bits per heavy atom. The highest BCUT2D eigenvalue weighted by molar-refractivity contribution is 14.1. The SMILES string of the molecule is CCOC(=O)C1=C(C)N=c2s/c(=C\c3cc(I)cc(I)c3OCc3cccc(Cl)c3)c(=O)n2[C@@H]1c1cc(OC)c(OC)cc1Br. The molecule has 13 heteroatoms. The third kappa shape index (κ3) is 7.14. The van der Waals surface area contributed by atoms with E-state index < -0.39 is 12.0 Å². The van der Waals surface area contributed by atoms with Crippen molar-refractivity contribution in [3.8, 4) is 17.2 Å². The van der Waals surface area contributed by atoms with Gasteiger partial charge in [-0.05, 0) is 113 Å². The molecule has 0 spiro atoms. The zero-order valence-electron chi connectivity index (χ0n) is 24.5. The second kappa shape index (κ2) is 14.6. The van der Waals surface area contributed by atoms with Gasteiger partial charge in [-0.3, -0.25) is 9.36 Å². The first-order valence-corrected chi connectivity index (χ1v) is 17.7. The Balaban J connectivity index is 1.70. The molecule has 1 aliphatic heterocycles. The van der Waals surface area contributed by atoms with Crippen LogP contribution in [0.15, 0.2) is 74.1 Å². The Bertz CT molecular complexity index is 2030. The molecule has 0 amide bonds. The van der Waals surface area contributed by atoms with Gasteiger partial charge in [0.15, 0.2) is 16.3 Å². The van der Waals surface area contributed by atoms with E-state index in [-0.39, 0.29) is 17.7 Å². The molecule has 0 radical (unpaired) electrons. The Kier molecular flexibility index (Phi) is 11.0. The first kappa shape index (κ1) is 33.9. The molecular formula is C32H26BrClI2N2O6S. The van der Waals surface area contributed by atoms with Gasteiger partial charge in [-0.1, -0.05) is 51.0 Å². The van der Waals surface area contributed by atoms with E-state index in [1.807, 2.05) is 42.5 Å². The van der Waals surface area contributed by atoms with Crippen LogP contribution in [0.1, 0.15) is 36.6 Å². The van der Waals surface area contributed by atoms with E-state index in [1.54, 1.807) is 33.1 Å². The normalized spacial score (nSPS) is 14.6. The number of hydrogen-bond donors (Lipinski definition) is 0. The topological polar surface area (TPSA) is 88.4 Å². The maximum atomic E-state index is 14.3. The average Bonchev–Trinajstić information content (AvgIpc) is 3.29. The molecule has 45 heavy (non-hydrogen) atoms. The Morgan fingerprint density at radius 3 is 2.56 bits per heavy atom. The first-order valence-electron chi connectivity index (χ1n) is 13.5. The van der Waals surface area contributed by atoms with E-state index in [9.17, 15) is 9.59 Å². The number of hydrogen-bond acceptors (Lipinski definition) is 8. The molecule has 0 bridgehead atoms. The number of aromatic nitrogens is 1. The van der Waals surface area contributed by atoms with Gasteiger partial charge in [-0.2, -0.15) is 0 Å². The van der Waals surface area contributed by atoms with Gasteiger partial charge in [0.05, 0.1) is 46.2 Å². The third-order valence-corrected chi connectivity index (χ3v) is 10.2. The number of esters is 1. The Labute approximate surface area is 304 Å². The van der Waals surface area contributed by atoms with Crippen LogP contribution in [0.25, 0.3) is 6.08 Å². The summed E-state index contributed by atoms with van der Waals surface area (Å²) >= 11 is 15.5. The largest absolute Gasteiger partial charge is 0.493 e. The van der Waals surface area contributed by atoms with Gasteiger partial charge >= 0.3 is 5.97 Å². The number of carbonyl (C=O) groups is 1. The van der Waals surface area contributed by atoms with Crippen LogP contribution in [0.3, 0.4) is 0 Å². The summed E-state index contributed by atoms with van der Waals surface area (Å²) < 4.78 is 27.3. The smallest absolute Gasteiger partial charge is 0.338 e. The molecule has 0 unspecified atom stereocenters. The maximum Gasteiger partial charge on any atom is 0.338 e. The van der Waals surface area contributed by atoms with Gasteiger partial charge in [-0.15, -0.1) is 0 Å². The third-order valence-electron chi connectivity index (χ3n) is 6.91. The van der Waals surface area contributed by atoms with Gasteiger partial charge in [0, 0.05) is 18.6 Å². The minimum atomic E-state index is -0.841. The van der Waals surface area contributed by atoms with Crippen molar-refractivity contribution in [3.05, 3.63) is 113 Å². The highest BCUT2D eigenvalue weighted by Crippen LogP contribution is 2.41. The number of fused-ring (bicyclic) bond motifs is 1. The van der Waals surface area contributed by atoms with Crippen molar-refractivity contribution < 1.29 is 23.7 Å². The molecular weight excluding hydrogens is 910 g/mol. The summed E-state index contributed by atoms with van der Waals surface area (Å²) in [6.07, 6.45) is 1.81. The van der Waals surface area contributed by atoms with Crippen LogP contribution < -0.4 is 29.1 Å². The molecule has 5 rings (SSSR count). The predicted molar refractivity (Wildman–Crippen MR) is 195 cm³/mol. The molecule has 0 N–H and O–H groups in total. The number of allylic oxidation sites excluding steroid dienone is 1. The Hall–Kier alpha value is -2.40. The van der Waals surface area contributed by atoms with E-state index in [0.717, 1.165) is 18.3 Å². The molecule has 8 nitrogen and oxygen atoms in total. The van der Waals surface area contributed by atoms with Crippen LogP contribution in [-0.4, -0.2) is 31.4 Å². The van der Waals surface area contributed by atoms with Crippen LogP contribution in [0.4, 0.5) is 0 Å². The van der Waals surface area contributed by atoms with E-state index in [1.165, 1.54) is 23.0 Å². The second-order valence-electron chi connectivity index (χ2n) is 9.76. The number of nitrogens with zero attached hydrogens (tertiary/aromatic N) is 2. The quantitative estimate of drug-likeness (QED) is 0.133. The molecule has 0 aliphatic carbocycles. The van der Waals surface area contributed by atoms with Crippen LogP contribution in [-0.2, 0) is 16.1 Å². The summed E-state index contributed by atoms with van der Waals surface area (Å²) in [5.74, 6) is 1.04.